The number of carbonyl (C=O) groups is 3. The van der Waals surface area contributed by atoms with Crippen molar-refractivity contribution in [2.75, 3.05) is 12.0 Å². The predicted octanol–water partition coefficient (Wildman–Crippen LogP) is 5.71. The highest BCUT2D eigenvalue weighted by Crippen LogP contribution is 2.42. The highest BCUT2D eigenvalue weighted by molar-refractivity contribution is 6.51. The number of Topliss-reactive ketones (excluding diaryl/α,β-unsaturated/α-hetero) is 1. The number of aryl methyl sites for hydroxylation is 1. The number of rotatable bonds is 4. The van der Waals surface area contributed by atoms with Gasteiger partial charge in [0, 0.05) is 11.3 Å². The molecule has 1 unspecified atom stereocenters. The van der Waals surface area contributed by atoms with Gasteiger partial charge in [-0.3, -0.25) is 14.5 Å². The molecule has 1 aliphatic rings. The molecule has 1 N–H and O–H groups in total. The summed E-state index contributed by atoms with van der Waals surface area (Å²) in [6.07, 6.45) is 0. The molecular formula is C30H29NO5. The second-order valence-electron chi connectivity index (χ2n) is 9.95. The molecule has 1 amide bonds. The van der Waals surface area contributed by atoms with Crippen LogP contribution in [0.5, 0.6) is 0 Å². The van der Waals surface area contributed by atoms with Crippen LogP contribution in [0.25, 0.3) is 5.76 Å². The number of ether oxygens (including phenoxy) is 1. The zero-order valence-electron chi connectivity index (χ0n) is 21.0. The maximum absolute atomic E-state index is 13.3. The lowest BCUT2D eigenvalue weighted by atomic mass is 9.85. The molecule has 1 heterocycles. The lowest BCUT2D eigenvalue weighted by molar-refractivity contribution is -0.132. The fourth-order valence-electron chi connectivity index (χ4n) is 4.32. The zero-order chi connectivity index (χ0) is 26.2. The minimum Gasteiger partial charge on any atom is -0.507 e. The third-order valence-corrected chi connectivity index (χ3v) is 6.43. The highest BCUT2D eigenvalue weighted by atomic mass is 16.5. The predicted molar refractivity (Wildman–Crippen MR) is 139 cm³/mol. The van der Waals surface area contributed by atoms with Crippen molar-refractivity contribution in [1.29, 1.82) is 0 Å². The highest BCUT2D eigenvalue weighted by Gasteiger charge is 2.47. The van der Waals surface area contributed by atoms with Gasteiger partial charge in [-0.15, -0.1) is 0 Å². The first-order valence-electron chi connectivity index (χ1n) is 11.7. The van der Waals surface area contributed by atoms with E-state index in [-0.39, 0.29) is 16.7 Å². The van der Waals surface area contributed by atoms with Crippen LogP contribution in [-0.4, -0.2) is 29.9 Å². The summed E-state index contributed by atoms with van der Waals surface area (Å²) in [7, 11) is 1.29. The van der Waals surface area contributed by atoms with Crippen LogP contribution in [0.15, 0.2) is 78.4 Å². The van der Waals surface area contributed by atoms with Gasteiger partial charge in [-0.1, -0.05) is 74.9 Å². The number of anilines is 1. The lowest BCUT2D eigenvalue weighted by Gasteiger charge is -2.26. The Morgan fingerprint density at radius 2 is 1.42 bits per heavy atom. The van der Waals surface area contributed by atoms with E-state index in [4.69, 9.17) is 4.74 Å². The van der Waals surface area contributed by atoms with E-state index in [9.17, 15) is 19.5 Å². The minimum atomic E-state index is -0.843. The molecule has 0 aromatic heterocycles. The average molecular weight is 484 g/mol. The second kappa shape index (κ2) is 9.46. The van der Waals surface area contributed by atoms with Gasteiger partial charge >= 0.3 is 5.97 Å². The van der Waals surface area contributed by atoms with E-state index < -0.39 is 23.7 Å². The Bertz CT molecular complexity index is 1340. The third-order valence-electron chi connectivity index (χ3n) is 6.43. The Morgan fingerprint density at radius 1 is 0.861 bits per heavy atom. The van der Waals surface area contributed by atoms with Crippen molar-refractivity contribution in [3.63, 3.8) is 0 Å². The number of aliphatic hydroxyl groups excluding tert-OH is 1. The molecule has 1 atom stereocenters. The van der Waals surface area contributed by atoms with E-state index in [1.165, 1.54) is 12.0 Å². The van der Waals surface area contributed by atoms with Crippen molar-refractivity contribution in [3.05, 3.63) is 106 Å². The van der Waals surface area contributed by atoms with Crippen molar-refractivity contribution in [2.45, 2.75) is 39.2 Å². The zero-order valence-corrected chi connectivity index (χ0v) is 21.0. The first kappa shape index (κ1) is 24.9. The molecule has 0 aliphatic carbocycles. The molecule has 0 saturated carbocycles. The number of amides is 1. The quantitative estimate of drug-likeness (QED) is 0.223. The summed E-state index contributed by atoms with van der Waals surface area (Å²) in [5.41, 5.74) is 3.94. The number of hydrogen-bond acceptors (Lipinski definition) is 5. The van der Waals surface area contributed by atoms with Crippen molar-refractivity contribution in [2.24, 2.45) is 0 Å². The van der Waals surface area contributed by atoms with Crippen molar-refractivity contribution < 1.29 is 24.2 Å². The molecule has 184 valence electrons. The lowest BCUT2D eigenvalue weighted by Crippen LogP contribution is -2.29. The van der Waals surface area contributed by atoms with Gasteiger partial charge in [0.1, 0.15) is 5.76 Å². The average Bonchev–Trinajstić information content (AvgIpc) is 3.13. The number of esters is 1. The van der Waals surface area contributed by atoms with Crippen LogP contribution in [0.4, 0.5) is 5.69 Å². The molecular weight excluding hydrogens is 454 g/mol. The summed E-state index contributed by atoms with van der Waals surface area (Å²) in [5.74, 6) is -2.25. The standard InChI is InChI=1S/C30H29NO5/c1-18-6-8-20(9-7-18)26(32)24-25(19-10-14-22(15-11-19)30(2,3)4)31(28(34)27(24)33)23-16-12-21(13-17-23)29(35)36-5/h6-17,25,32H,1-5H3/b26-24+. The van der Waals surface area contributed by atoms with Gasteiger partial charge in [0.15, 0.2) is 0 Å². The van der Waals surface area contributed by atoms with E-state index >= 15 is 0 Å². The Labute approximate surface area is 210 Å². The molecule has 6 heteroatoms. The smallest absolute Gasteiger partial charge is 0.337 e. The molecule has 1 aliphatic heterocycles. The molecule has 0 radical (unpaired) electrons. The van der Waals surface area contributed by atoms with Gasteiger partial charge in [0.2, 0.25) is 0 Å². The van der Waals surface area contributed by atoms with E-state index in [0.29, 0.717) is 22.4 Å². The maximum Gasteiger partial charge on any atom is 0.337 e. The summed E-state index contributed by atoms with van der Waals surface area (Å²) in [6.45, 7) is 8.24. The van der Waals surface area contributed by atoms with Gasteiger partial charge in [-0.05, 0) is 47.7 Å². The molecule has 1 saturated heterocycles. The summed E-state index contributed by atoms with van der Waals surface area (Å²) < 4.78 is 4.76. The first-order valence-corrected chi connectivity index (χ1v) is 11.7. The summed E-state index contributed by atoms with van der Waals surface area (Å²) >= 11 is 0. The Morgan fingerprint density at radius 3 is 1.94 bits per heavy atom. The van der Waals surface area contributed by atoms with Gasteiger partial charge in [-0.2, -0.15) is 0 Å². The largest absolute Gasteiger partial charge is 0.507 e. The van der Waals surface area contributed by atoms with Crippen LogP contribution < -0.4 is 4.90 Å². The molecule has 3 aromatic carbocycles. The first-order chi connectivity index (χ1) is 17.0. The van der Waals surface area contributed by atoms with Crippen LogP contribution in [0, 0.1) is 6.92 Å². The van der Waals surface area contributed by atoms with Gasteiger partial charge in [0.05, 0.1) is 24.3 Å². The third kappa shape index (κ3) is 4.54. The number of methoxy groups -OCH3 is 1. The Kier molecular flexibility index (Phi) is 6.55. The molecule has 3 aromatic rings. The normalized spacial score (nSPS) is 17.4. The monoisotopic (exact) mass is 483 g/mol. The Balaban J connectivity index is 1.89. The fraction of sp³-hybridized carbons (Fsp3) is 0.233. The molecule has 0 spiro atoms. The maximum atomic E-state index is 13.3. The van der Waals surface area contributed by atoms with E-state index in [1.807, 2.05) is 43.3 Å². The number of ketones is 1. The summed E-state index contributed by atoms with van der Waals surface area (Å²) in [5, 5.41) is 11.2. The summed E-state index contributed by atoms with van der Waals surface area (Å²) in [6, 6.07) is 20.3. The SMILES string of the molecule is COC(=O)c1ccc(N2C(=O)C(=O)/C(=C(/O)c3ccc(C)cc3)C2c2ccc(C(C)(C)C)cc2)cc1. The minimum absolute atomic E-state index is 0.0180. The number of aliphatic hydroxyl groups is 1. The van der Waals surface area contributed by atoms with Crippen LogP contribution in [0.3, 0.4) is 0 Å². The van der Waals surface area contributed by atoms with E-state index in [1.54, 1.807) is 36.4 Å². The van der Waals surface area contributed by atoms with Crippen LogP contribution in [0.2, 0.25) is 0 Å². The number of benzene rings is 3. The van der Waals surface area contributed by atoms with Gasteiger partial charge in [-0.25, -0.2) is 4.79 Å². The van der Waals surface area contributed by atoms with Gasteiger partial charge < -0.3 is 9.84 Å². The van der Waals surface area contributed by atoms with Crippen LogP contribution >= 0.6 is 0 Å². The molecule has 0 bridgehead atoms. The van der Waals surface area contributed by atoms with Crippen molar-refractivity contribution >= 4 is 29.1 Å². The summed E-state index contributed by atoms with van der Waals surface area (Å²) in [4.78, 5) is 39.9. The van der Waals surface area contributed by atoms with Crippen LogP contribution in [0.1, 0.15) is 59.4 Å². The van der Waals surface area contributed by atoms with Crippen molar-refractivity contribution in [1.82, 2.24) is 0 Å². The number of hydrogen-bond donors (Lipinski definition) is 1. The van der Waals surface area contributed by atoms with E-state index in [0.717, 1.165) is 11.1 Å². The van der Waals surface area contributed by atoms with Crippen molar-refractivity contribution in [3.8, 4) is 0 Å². The fourth-order valence-corrected chi connectivity index (χ4v) is 4.32. The number of carbonyl (C=O) groups excluding carboxylic acids is 3. The molecule has 6 nitrogen and oxygen atoms in total. The molecule has 36 heavy (non-hydrogen) atoms. The van der Waals surface area contributed by atoms with E-state index in [2.05, 4.69) is 20.8 Å². The second-order valence-corrected chi connectivity index (χ2v) is 9.95. The molecule has 1 fully saturated rings. The topological polar surface area (TPSA) is 83.9 Å². The van der Waals surface area contributed by atoms with Gasteiger partial charge in [0.25, 0.3) is 11.7 Å². The van der Waals surface area contributed by atoms with Crippen LogP contribution in [-0.2, 0) is 19.7 Å². The molecule has 4 rings (SSSR count). The number of nitrogens with zero attached hydrogens (tertiary/aromatic N) is 1. The Hall–Kier alpha value is -4.19.